The monoisotopic (exact) mass is 152 g/mol. The topological polar surface area (TPSA) is 0 Å². The van der Waals surface area contributed by atoms with Gasteiger partial charge in [-0.05, 0) is 0 Å². The number of rotatable bonds is 5. The summed E-state index contributed by atoms with van der Waals surface area (Å²) in [5, 5.41) is 0. The molecule has 0 aromatic carbocycles. The van der Waals surface area contributed by atoms with Gasteiger partial charge in [-0.25, -0.2) is 0 Å². The summed E-state index contributed by atoms with van der Waals surface area (Å²) >= 11 is 0. The second kappa shape index (κ2) is 6.63. The second-order valence-corrected chi connectivity index (χ2v) is 3.79. The first kappa shape index (κ1) is 10.9. The molecule has 0 fully saturated rings. The molecular formula is C10H21B. The van der Waals surface area contributed by atoms with E-state index in [1.807, 2.05) is 0 Å². The van der Waals surface area contributed by atoms with Crippen LogP contribution in [0.5, 0.6) is 0 Å². The van der Waals surface area contributed by atoms with Crippen molar-refractivity contribution in [2.45, 2.75) is 53.3 Å². The molecule has 64 valence electrons. The minimum absolute atomic E-state index is 0.813. The van der Waals surface area contributed by atoms with Crippen molar-refractivity contribution in [3.05, 3.63) is 0 Å². The van der Waals surface area contributed by atoms with Crippen molar-refractivity contribution in [2.24, 2.45) is 5.92 Å². The Morgan fingerprint density at radius 1 is 1.36 bits per heavy atom. The number of unbranched alkanes of at least 4 members (excludes halogenated alkanes) is 1. The molecule has 0 radical (unpaired) electrons. The van der Waals surface area contributed by atoms with Crippen LogP contribution in [-0.2, 0) is 0 Å². The van der Waals surface area contributed by atoms with Crippen molar-refractivity contribution in [2.75, 3.05) is 0 Å². The van der Waals surface area contributed by atoms with Crippen LogP contribution in [0.3, 0.4) is 0 Å². The zero-order valence-electron chi connectivity index (χ0n) is 8.48. The Morgan fingerprint density at radius 3 is 2.45 bits per heavy atom. The SMILES string of the molecule is CCCCB=C(C)CC(C)C. The van der Waals surface area contributed by atoms with Gasteiger partial charge in [-0.15, -0.1) is 0 Å². The zero-order valence-corrected chi connectivity index (χ0v) is 8.48. The molecule has 0 nitrogen and oxygen atoms in total. The molecule has 0 atom stereocenters. The first-order chi connectivity index (χ1) is 5.16. The summed E-state index contributed by atoms with van der Waals surface area (Å²) in [6.07, 6.45) is 5.19. The Hall–Kier alpha value is -0.0651. The summed E-state index contributed by atoms with van der Waals surface area (Å²) in [5.41, 5.74) is 1.56. The average molecular weight is 152 g/mol. The molecule has 0 aliphatic heterocycles. The standard InChI is InChI=1S/C10H21B/c1-5-6-7-11-10(4)8-9(2)3/h9H,5-8H2,1-4H3. The molecule has 0 bridgehead atoms. The van der Waals surface area contributed by atoms with Gasteiger partial charge in [0.2, 0.25) is 0 Å². The van der Waals surface area contributed by atoms with Crippen molar-refractivity contribution in [3.8, 4) is 0 Å². The van der Waals surface area contributed by atoms with E-state index in [-0.39, 0.29) is 0 Å². The van der Waals surface area contributed by atoms with Gasteiger partial charge in [0.1, 0.15) is 0 Å². The third-order valence-electron chi connectivity index (χ3n) is 1.78. The first-order valence-electron chi connectivity index (χ1n) is 4.82. The van der Waals surface area contributed by atoms with E-state index >= 15 is 0 Å². The van der Waals surface area contributed by atoms with Gasteiger partial charge in [-0.3, -0.25) is 0 Å². The molecule has 0 aromatic heterocycles. The molecule has 0 amide bonds. The van der Waals surface area contributed by atoms with Crippen LogP contribution >= 0.6 is 0 Å². The fourth-order valence-electron chi connectivity index (χ4n) is 1.28. The molecule has 0 spiro atoms. The van der Waals surface area contributed by atoms with E-state index in [0.717, 1.165) is 5.92 Å². The molecule has 0 rings (SSSR count). The van der Waals surface area contributed by atoms with Gasteiger partial charge in [0.15, 0.2) is 0 Å². The van der Waals surface area contributed by atoms with Crippen LogP contribution in [0.25, 0.3) is 0 Å². The molecule has 11 heavy (non-hydrogen) atoms. The zero-order chi connectivity index (χ0) is 8.69. The summed E-state index contributed by atoms with van der Waals surface area (Å²) in [6.45, 7) is 11.4. The van der Waals surface area contributed by atoms with E-state index in [0.29, 0.717) is 0 Å². The third-order valence-corrected chi connectivity index (χ3v) is 1.78. The van der Waals surface area contributed by atoms with Gasteiger partial charge in [0.25, 0.3) is 0 Å². The molecule has 0 aliphatic carbocycles. The van der Waals surface area contributed by atoms with E-state index in [9.17, 15) is 0 Å². The normalized spacial score (nSPS) is 11.9. The van der Waals surface area contributed by atoms with E-state index < -0.39 is 0 Å². The van der Waals surface area contributed by atoms with E-state index in [1.165, 1.54) is 25.6 Å². The summed E-state index contributed by atoms with van der Waals surface area (Å²) in [4.78, 5) is 0. The molecule has 0 heterocycles. The van der Waals surface area contributed by atoms with Crippen LogP contribution in [0.2, 0.25) is 6.32 Å². The van der Waals surface area contributed by atoms with Crippen molar-refractivity contribution < 1.29 is 0 Å². The molecule has 1 heteroatoms. The van der Waals surface area contributed by atoms with Crippen molar-refractivity contribution >= 4 is 12.4 Å². The number of hydrogen-bond acceptors (Lipinski definition) is 0. The van der Waals surface area contributed by atoms with Crippen LogP contribution < -0.4 is 0 Å². The number of hydrogen-bond donors (Lipinski definition) is 0. The predicted octanol–water partition coefficient (Wildman–Crippen LogP) is 3.15. The first-order valence-corrected chi connectivity index (χ1v) is 4.82. The van der Waals surface area contributed by atoms with E-state index in [1.54, 1.807) is 5.46 Å². The quantitative estimate of drug-likeness (QED) is 0.419. The van der Waals surface area contributed by atoms with Crippen LogP contribution in [0.4, 0.5) is 0 Å². The van der Waals surface area contributed by atoms with Crippen LogP contribution in [0.15, 0.2) is 0 Å². The average Bonchev–Trinajstić information content (AvgIpc) is 1.86. The van der Waals surface area contributed by atoms with Crippen molar-refractivity contribution in [1.29, 1.82) is 0 Å². The molecular weight excluding hydrogens is 131 g/mol. The maximum atomic E-state index is 2.39. The maximum absolute atomic E-state index is 2.39. The van der Waals surface area contributed by atoms with Crippen LogP contribution in [-0.4, -0.2) is 12.4 Å². The summed E-state index contributed by atoms with van der Waals surface area (Å²) < 4.78 is 0. The van der Waals surface area contributed by atoms with Gasteiger partial charge in [-0.1, -0.05) is 0 Å². The molecule has 0 unspecified atom stereocenters. The predicted molar refractivity (Wildman–Crippen MR) is 55.6 cm³/mol. The van der Waals surface area contributed by atoms with Crippen LogP contribution in [0, 0.1) is 5.92 Å². The van der Waals surface area contributed by atoms with Crippen molar-refractivity contribution in [3.63, 3.8) is 0 Å². The fourth-order valence-corrected chi connectivity index (χ4v) is 1.28. The van der Waals surface area contributed by atoms with Crippen LogP contribution in [0.1, 0.15) is 47.0 Å². The van der Waals surface area contributed by atoms with Gasteiger partial charge >= 0.3 is 71.6 Å². The molecule has 0 N–H and O–H groups in total. The Kier molecular flexibility index (Phi) is 6.59. The summed E-state index contributed by atoms with van der Waals surface area (Å²) in [6, 6.07) is 0. The fraction of sp³-hybridized carbons (Fsp3) is 0.900. The van der Waals surface area contributed by atoms with Gasteiger partial charge in [-0.2, -0.15) is 0 Å². The van der Waals surface area contributed by atoms with Gasteiger partial charge in [0, 0.05) is 0 Å². The Balaban J connectivity index is 3.46. The van der Waals surface area contributed by atoms with Gasteiger partial charge < -0.3 is 0 Å². The Labute approximate surface area is 72.3 Å². The Bertz CT molecular complexity index is 114. The molecule has 0 aliphatic rings. The molecule has 0 saturated carbocycles. The van der Waals surface area contributed by atoms with Crippen molar-refractivity contribution in [1.82, 2.24) is 0 Å². The van der Waals surface area contributed by atoms with Gasteiger partial charge in [0.05, 0.1) is 0 Å². The third kappa shape index (κ3) is 7.84. The summed E-state index contributed by atoms with van der Waals surface area (Å²) in [5.74, 6) is 0.813. The molecule has 0 aromatic rings. The Morgan fingerprint density at radius 2 is 2.00 bits per heavy atom. The minimum atomic E-state index is 0.813. The molecule has 0 saturated heterocycles. The van der Waals surface area contributed by atoms with E-state index in [4.69, 9.17) is 0 Å². The second-order valence-electron chi connectivity index (χ2n) is 3.79. The van der Waals surface area contributed by atoms with E-state index in [2.05, 4.69) is 34.6 Å². The summed E-state index contributed by atoms with van der Waals surface area (Å²) in [7, 11) is 0.